The zero-order valence-electron chi connectivity index (χ0n) is 9.92. The lowest BCUT2D eigenvalue weighted by Gasteiger charge is -2.06. The fourth-order valence-corrected chi connectivity index (χ4v) is 1.80. The number of aromatic carboxylic acids is 1. The van der Waals surface area contributed by atoms with Crippen LogP contribution in [0.1, 0.15) is 20.8 Å². The molecular formula is C12H10ClN3O3. The van der Waals surface area contributed by atoms with Crippen LogP contribution in [0.15, 0.2) is 30.5 Å². The Morgan fingerprint density at radius 1 is 1.32 bits per heavy atom. The van der Waals surface area contributed by atoms with E-state index in [0.717, 1.165) is 0 Å². The van der Waals surface area contributed by atoms with Gasteiger partial charge in [-0.15, -0.1) is 0 Å². The zero-order valence-corrected chi connectivity index (χ0v) is 10.7. The van der Waals surface area contributed by atoms with Gasteiger partial charge in [0, 0.05) is 12.7 Å². The van der Waals surface area contributed by atoms with E-state index in [1.165, 1.54) is 35.1 Å². The molecule has 0 saturated carbocycles. The third-order valence-electron chi connectivity index (χ3n) is 2.50. The summed E-state index contributed by atoms with van der Waals surface area (Å²) in [5.74, 6) is -1.43. The smallest absolute Gasteiger partial charge is 0.335 e. The Kier molecular flexibility index (Phi) is 3.52. The number of aryl methyl sites for hydroxylation is 1. The fourth-order valence-electron chi connectivity index (χ4n) is 1.55. The minimum absolute atomic E-state index is 0.150. The molecule has 6 nitrogen and oxygen atoms in total. The lowest BCUT2D eigenvalue weighted by molar-refractivity contribution is 0.0696. The van der Waals surface area contributed by atoms with E-state index < -0.39 is 11.9 Å². The number of anilines is 1. The number of nitrogens with one attached hydrogen (secondary N) is 1. The van der Waals surface area contributed by atoms with E-state index >= 15 is 0 Å². The molecule has 0 saturated heterocycles. The molecule has 0 aliphatic carbocycles. The largest absolute Gasteiger partial charge is 0.478 e. The molecule has 0 fully saturated rings. The molecule has 2 rings (SSSR count). The average molecular weight is 280 g/mol. The molecular weight excluding hydrogens is 270 g/mol. The number of nitrogens with zero attached hydrogens (tertiary/aromatic N) is 2. The topological polar surface area (TPSA) is 84.2 Å². The van der Waals surface area contributed by atoms with Crippen molar-refractivity contribution in [1.29, 1.82) is 0 Å². The van der Waals surface area contributed by atoms with Gasteiger partial charge in [0.2, 0.25) is 0 Å². The van der Waals surface area contributed by atoms with E-state index in [1.54, 1.807) is 7.05 Å². The van der Waals surface area contributed by atoms with Crippen LogP contribution in [0.4, 0.5) is 5.69 Å². The number of hydrogen-bond donors (Lipinski definition) is 2. The van der Waals surface area contributed by atoms with Crippen molar-refractivity contribution in [1.82, 2.24) is 9.78 Å². The highest BCUT2D eigenvalue weighted by Gasteiger charge is 2.15. The summed E-state index contributed by atoms with van der Waals surface area (Å²) in [6.07, 6.45) is 1.38. The van der Waals surface area contributed by atoms with Gasteiger partial charge in [-0.3, -0.25) is 9.48 Å². The van der Waals surface area contributed by atoms with Gasteiger partial charge in [-0.25, -0.2) is 4.79 Å². The molecule has 98 valence electrons. The van der Waals surface area contributed by atoms with Gasteiger partial charge >= 0.3 is 5.97 Å². The first-order valence-corrected chi connectivity index (χ1v) is 5.69. The van der Waals surface area contributed by atoms with Crippen molar-refractivity contribution >= 4 is 29.2 Å². The Morgan fingerprint density at radius 2 is 1.95 bits per heavy atom. The Morgan fingerprint density at radius 3 is 2.42 bits per heavy atom. The maximum absolute atomic E-state index is 12.0. The van der Waals surface area contributed by atoms with Gasteiger partial charge in [-0.2, -0.15) is 5.10 Å². The summed E-state index contributed by atoms with van der Waals surface area (Å²) < 4.78 is 1.36. The van der Waals surface area contributed by atoms with Crippen LogP contribution in [0.2, 0.25) is 5.02 Å². The predicted octanol–water partition coefficient (Wildman–Crippen LogP) is 2.02. The standard InChI is InChI=1S/C12H10ClN3O3/c1-16-10(9(13)6-14-16)11(17)15-8-4-2-7(3-5-8)12(18)19/h2-6H,1H3,(H,15,17)(H,18,19). The van der Waals surface area contributed by atoms with Crippen LogP contribution in [0, 0.1) is 0 Å². The van der Waals surface area contributed by atoms with E-state index in [-0.39, 0.29) is 16.3 Å². The molecule has 0 aliphatic rings. The number of carbonyl (C=O) groups is 2. The van der Waals surface area contributed by atoms with E-state index in [2.05, 4.69) is 10.4 Å². The average Bonchev–Trinajstić information content (AvgIpc) is 2.69. The highest BCUT2D eigenvalue weighted by molar-refractivity contribution is 6.34. The first kappa shape index (κ1) is 13.1. The Bertz CT molecular complexity index is 615. The minimum atomic E-state index is -1.02. The van der Waals surface area contributed by atoms with Gasteiger partial charge in [0.05, 0.1) is 16.8 Å². The van der Waals surface area contributed by atoms with Gasteiger partial charge in [0.25, 0.3) is 5.91 Å². The van der Waals surface area contributed by atoms with E-state index in [1.807, 2.05) is 0 Å². The number of carboxylic acids is 1. The third kappa shape index (κ3) is 2.74. The van der Waals surface area contributed by atoms with Crippen LogP contribution in [0.3, 0.4) is 0 Å². The second-order valence-electron chi connectivity index (χ2n) is 3.80. The van der Waals surface area contributed by atoms with Gasteiger partial charge in [-0.1, -0.05) is 11.6 Å². The van der Waals surface area contributed by atoms with Gasteiger partial charge in [0.15, 0.2) is 0 Å². The van der Waals surface area contributed by atoms with Crippen molar-refractivity contribution < 1.29 is 14.7 Å². The second kappa shape index (κ2) is 5.11. The lowest BCUT2D eigenvalue weighted by atomic mass is 10.2. The van der Waals surface area contributed by atoms with Crippen LogP contribution < -0.4 is 5.32 Å². The van der Waals surface area contributed by atoms with Crippen LogP contribution in [0.25, 0.3) is 0 Å². The van der Waals surface area contributed by atoms with Gasteiger partial charge < -0.3 is 10.4 Å². The van der Waals surface area contributed by atoms with Crippen molar-refractivity contribution in [2.45, 2.75) is 0 Å². The monoisotopic (exact) mass is 279 g/mol. The van der Waals surface area contributed by atoms with Crippen molar-refractivity contribution in [2.75, 3.05) is 5.32 Å². The summed E-state index contributed by atoms with van der Waals surface area (Å²) in [5, 5.41) is 15.5. The quantitative estimate of drug-likeness (QED) is 0.900. The molecule has 2 aromatic rings. The highest BCUT2D eigenvalue weighted by Crippen LogP contribution is 2.17. The number of hydrogen-bond acceptors (Lipinski definition) is 3. The number of rotatable bonds is 3. The molecule has 7 heteroatoms. The molecule has 1 aromatic carbocycles. The summed E-state index contributed by atoms with van der Waals surface area (Å²) in [6, 6.07) is 5.82. The Balaban J connectivity index is 2.17. The lowest BCUT2D eigenvalue weighted by Crippen LogP contribution is -2.16. The van der Waals surface area contributed by atoms with Crippen LogP contribution in [-0.2, 0) is 7.05 Å². The normalized spacial score (nSPS) is 10.2. The first-order chi connectivity index (χ1) is 8.99. The Hall–Kier alpha value is -2.34. The summed E-state index contributed by atoms with van der Waals surface area (Å²) >= 11 is 5.85. The fraction of sp³-hybridized carbons (Fsp3) is 0.0833. The molecule has 0 spiro atoms. The first-order valence-electron chi connectivity index (χ1n) is 5.31. The summed E-state index contributed by atoms with van der Waals surface area (Å²) in [4.78, 5) is 22.7. The number of benzene rings is 1. The number of amides is 1. The minimum Gasteiger partial charge on any atom is -0.478 e. The molecule has 0 bridgehead atoms. The van der Waals surface area contributed by atoms with E-state index in [0.29, 0.717) is 5.69 Å². The van der Waals surface area contributed by atoms with E-state index in [4.69, 9.17) is 16.7 Å². The third-order valence-corrected chi connectivity index (χ3v) is 2.78. The second-order valence-corrected chi connectivity index (χ2v) is 4.21. The summed E-state index contributed by atoms with van der Waals surface area (Å²) in [5.41, 5.74) is 0.868. The van der Waals surface area contributed by atoms with Crippen LogP contribution in [-0.4, -0.2) is 26.8 Å². The van der Waals surface area contributed by atoms with Crippen molar-refractivity contribution in [3.63, 3.8) is 0 Å². The molecule has 1 heterocycles. The summed E-state index contributed by atoms with van der Waals surface area (Å²) in [7, 11) is 1.61. The molecule has 0 radical (unpaired) electrons. The summed E-state index contributed by atoms with van der Waals surface area (Å²) in [6.45, 7) is 0. The Labute approximate surface area is 113 Å². The molecule has 2 N–H and O–H groups in total. The number of aromatic nitrogens is 2. The van der Waals surface area contributed by atoms with Crippen molar-refractivity contribution in [2.24, 2.45) is 7.05 Å². The molecule has 1 amide bonds. The SMILES string of the molecule is Cn1ncc(Cl)c1C(=O)Nc1ccc(C(=O)O)cc1. The maximum atomic E-state index is 12.0. The van der Waals surface area contributed by atoms with E-state index in [9.17, 15) is 9.59 Å². The highest BCUT2D eigenvalue weighted by atomic mass is 35.5. The number of carboxylic acid groups (broad SMARTS) is 1. The predicted molar refractivity (Wildman–Crippen MR) is 69.6 cm³/mol. The molecule has 0 aliphatic heterocycles. The maximum Gasteiger partial charge on any atom is 0.335 e. The van der Waals surface area contributed by atoms with Gasteiger partial charge in [-0.05, 0) is 24.3 Å². The van der Waals surface area contributed by atoms with Crippen LogP contribution in [0.5, 0.6) is 0 Å². The molecule has 19 heavy (non-hydrogen) atoms. The molecule has 0 unspecified atom stereocenters. The van der Waals surface area contributed by atoms with Gasteiger partial charge in [0.1, 0.15) is 5.69 Å². The molecule has 1 aromatic heterocycles. The number of carbonyl (C=O) groups excluding carboxylic acids is 1. The zero-order chi connectivity index (χ0) is 14.0. The van der Waals surface area contributed by atoms with Crippen LogP contribution >= 0.6 is 11.6 Å². The van der Waals surface area contributed by atoms with Crippen molar-refractivity contribution in [3.8, 4) is 0 Å². The van der Waals surface area contributed by atoms with Crippen molar-refractivity contribution in [3.05, 3.63) is 46.7 Å². The molecule has 0 atom stereocenters. The number of halogens is 1.